The normalized spacial score (nSPS) is 15.2. The molecular weight excluding hydrogens is 254 g/mol. The maximum Gasteiger partial charge on any atom is 0.227 e. The van der Waals surface area contributed by atoms with E-state index >= 15 is 0 Å². The third-order valence-corrected chi connectivity index (χ3v) is 3.75. The summed E-state index contributed by atoms with van der Waals surface area (Å²) in [5.74, 6) is 0.665. The topological polar surface area (TPSA) is 58.6 Å². The minimum absolute atomic E-state index is 0.00506. The van der Waals surface area contributed by atoms with E-state index in [9.17, 15) is 4.79 Å². The van der Waals surface area contributed by atoms with Crippen LogP contribution in [-0.2, 0) is 4.79 Å². The third kappa shape index (κ3) is 4.23. The van der Waals surface area contributed by atoms with Crippen LogP contribution < -0.4 is 10.1 Å². The first kappa shape index (κ1) is 16.5. The van der Waals surface area contributed by atoms with E-state index in [1.165, 1.54) is 0 Å². The molecule has 1 rings (SSSR count). The SMILES string of the molecule is CCC(C(=O)NC(C)C(C)CO)c1ccc(OC)cc1. The van der Waals surface area contributed by atoms with Gasteiger partial charge in [0.15, 0.2) is 0 Å². The molecule has 0 saturated heterocycles. The highest BCUT2D eigenvalue weighted by molar-refractivity contribution is 5.83. The summed E-state index contributed by atoms with van der Waals surface area (Å²) in [6.45, 7) is 5.90. The fourth-order valence-corrected chi connectivity index (χ4v) is 2.03. The summed E-state index contributed by atoms with van der Waals surface area (Å²) < 4.78 is 5.13. The van der Waals surface area contributed by atoms with E-state index in [2.05, 4.69) is 5.32 Å². The third-order valence-electron chi connectivity index (χ3n) is 3.75. The van der Waals surface area contributed by atoms with Gasteiger partial charge in [0.25, 0.3) is 0 Å². The molecule has 1 amide bonds. The molecule has 0 aliphatic heterocycles. The molecule has 3 unspecified atom stereocenters. The number of carbonyl (C=O) groups is 1. The molecule has 0 saturated carbocycles. The van der Waals surface area contributed by atoms with Gasteiger partial charge in [0.2, 0.25) is 5.91 Å². The zero-order chi connectivity index (χ0) is 15.1. The average molecular weight is 279 g/mol. The van der Waals surface area contributed by atoms with Gasteiger partial charge in [-0.2, -0.15) is 0 Å². The highest BCUT2D eigenvalue weighted by Gasteiger charge is 2.22. The number of aliphatic hydroxyl groups is 1. The maximum atomic E-state index is 12.3. The van der Waals surface area contributed by atoms with E-state index < -0.39 is 0 Å². The Bertz CT molecular complexity index is 416. The van der Waals surface area contributed by atoms with E-state index in [4.69, 9.17) is 9.84 Å². The van der Waals surface area contributed by atoms with Gasteiger partial charge in [-0.15, -0.1) is 0 Å². The van der Waals surface area contributed by atoms with Crippen molar-refractivity contribution >= 4 is 5.91 Å². The maximum absolute atomic E-state index is 12.3. The fraction of sp³-hybridized carbons (Fsp3) is 0.562. The molecule has 20 heavy (non-hydrogen) atoms. The molecule has 1 aromatic carbocycles. The Balaban J connectivity index is 2.76. The number of rotatable bonds is 7. The van der Waals surface area contributed by atoms with Gasteiger partial charge in [0.1, 0.15) is 5.75 Å². The van der Waals surface area contributed by atoms with Crippen molar-refractivity contribution in [3.8, 4) is 5.75 Å². The lowest BCUT2D eigenvalue weighted by Gasteiger charge is -2.23. The van der Waals surface area contributed by atoms with Gasteiger partial charge in [-0.05, 0) is 37.0 Å². The molecule has 0 aromatic heterocycles. The molecule has 3 atom stereocenters. The van der Waals surface area contributed by atoms with Crippen molar-refractivity contribution in [2.24, 2.45) is 5.92 Å². The summed E-state index contributed by atoms with van der Waals surface area (Å²) in [7, 11) is 1.62. The zero-order valence-corrected chi connectivity index (χ0v) is 12.7. The first-order valence-corrected chi connectivity index (χ1v) is 7.08. The molecule has 4 nitrogen and oxygen atoms in total. The van der Waals surface area contributed by atoms with Gasteiger partial charge >= 0.3 is 0 Å². The van der Waals surface area contributed by atoms with Gasteiger partial charge in [0, 0.05) is 12.6 Å². The van der Waals surface area contributed by atoms with Crippen LogP contribution in [0.15, 0.2) is 24.3 Å². The first-order chi connectivity index (χ1) is 9.53. The molecule has 0 aliphatic rings. The number of nitrogens with one attached hydrogen (secondary N) is 1. The lowest BCUT2D eigenvalue weighted by molar-refractivity contribution is -0.123. The number of methoxy groups -OCH3 is 1. The molecule has 112 valence electrons. The highest BCUT2D eigenvalue weighted by Crippen LogP contribution is 2.23. The van der Waals surface area contributed by atoms with Crippen molar-refractivity contribution in [2.45, 2.75) is 39.2 Å². The summed E-state index contributed by atoms with van der Waals surface area (Å²) in [5.41, 5.74) is 0.981. The number of amides is 1. The summed E-state index contributed by atoms with van der Waals surface area (Å²) in [6, 6.07) is 7.54. The second-order valence-corrected chi connectivity index (χ2v) is 5.19. The van der Waals surface area contributed by atoms with Crippen LogP contribution in [0.3, 0.4) is 0 Å². The van der Waals surface area contributed by atoms with Crippen molar-refractivity contribution < 1.29 is 14.6 Å². The predicted molar refractivity (Wildman–Crippen MR) is 79.9 cm³/mol. The summed E-state index contributed by atoms with van der Waals surface area (Å²) >= 11 is 0. The van der Waals surface area contributed by atoms with Gasteiger partial charge in [-0.1, -0.05) is 26.0 Å². The summed E-state index contributed by atoms with van der Waals surface area (Å²) in [6.07, 6.45) is 0.735. The Morgan fingerprint density at radius 3 is 2.35 bits per heavy atom. The van der Waals surface area contributed by atoms with Gasteiger partial charge in [-0.3, -0.25) is 4.79 Å². The monoisotopic (exact) mass is 279 g/mol. The molecule has 0 fully saturated rings. The summed E-state index contributed by atoms with van der Waals surface area (Å²) in [5, 5.41) is 12.1. The quantitative estimate of drug-likeness (QED) is 0.805. The van der Waals surface area contributed by atoms with Crippen LogP contribution >= 0.6 is 0 Å². The number of ether oxygens (including phenoxy) is 1. The lowest BCUT2D eigenvalue weighted by Crippen LogP contribution is -2.40. The standard InChI is InChI=1S/C16H25NO3/c1-5-15(13-6-8-14(20-4)9-7-13)16(19)17-12(3)11(2)10-18/h6-9,11-12,15,18H,5,10H2,1-4H3,(H,17,19). The highest BCUT2D eigenvalue weighted by atomic mass is 16.5. The van der Waals surface area contributed by atoms with Crippen molar-refractivity contribution in [2.75, 3.05) is 13.7 Å². The molecular formula is C16H25NO3. The smallest absolute Gasteiger partial charge is 0.227 e. The van der Waals surface area contributed by atoms with Crippen molar-refractivity contribution in [1.29, 1.82) is 0 Å². The first-order valence-electron chi connectivity index (χ1n) is 7.08. The van der Waals surface area contributed by atoms with Crippen molar-refractivity contribution in [1.82, 2.24) is 5.32 Å². The number of hydrogen-bond donors (Lipinski definition) is 2. The minimum atomic E-state index is -0.172. The van der Waals surface area contributed by atoms with Crippen LogP contribution in [0.5, 0.6) is 5.75 Å². The van der Waals surface area contributed by atoms with Crippen LogP contribution in [0.25, 0.3) is 0 Å². The minimum Gasteiger partial charge on any atom is -0.497 e. The van der Waals surface area contributed by atoms with E-state index in [-0.39, 0.29) is 30.4 Å². The number of hydrogen-bond acceptors (Lipinski definition) is 3. The molecule has 2 N–H and O–H groups in total. The van der Waals surface area contributed by atoms with Crippen LogP contribution in [0, 0.1) is 5.92 Å². The summed E-state index contributed by atoms with van der Waals surface area (Å²) in [4.78, 5) is 12.3. The van der Waals surface area contributed by atoms with Crippen LogP contribution in [0.4, 0.5) is 0 Å². The molecule has 0 spiro atoms. The zero-order valence-electron chi connectivity index (χ0n) is 12.7. The van der Waals surface area contributed by atoms with Crippen molar-refractivity contribution in [3.63, 3.8) is 0 Å². The second kappa shape index (κ2) is 7.90. The van der Waals surface area contributed by atoms with Crippen LogP contribution in [-0.4, -0.2) is 30.8 Å². The van der Waals surface area contributed by atoms with E-state index in [0.717, 1.165) is 17.7 Å². The van der Waals surface area contributed by atoms with E-state index in [1.807, 2.05) is 45.0 Å². The Kier molecular flexibility index (Phi) is 6.52. The average Bonchev–Trinajstić information content (AvgIpc) is 2.47. The number of benzene rings is 1. The van der Waals surface area contributed by atoms with Gasteiger partial charge < -0.3 is 15.2 Å². The van der Waals surface area contributed by atoms with E-state index in [0.29, 0.717) is 0 Å². The Labute approximate surface area is 121 Å². The predicted octanol–water partition coefficient (Wildman–Crippen LogP) is 2.32. The number of aliphatic hydroxyl groups excluding tert-OH is 1. The Morgan fingerprint density at radius 2 is 1.90 bits per heavy atom. The lowest BCUT2D eigenvalue weighted by atomic mass is 9.94. The molecule has 0 heterocycles. The van der Waals surface area contributed by atoms with Crippen molar-refractivity contribution in [3.05, 3.63) is 29.8 Å². The molecule has 0 radical (unpaired) electrons. The van der Waals surface area contributed by atoms with E-state index in [1.54, 1.807) is 7.11 Å². The molecule has 0 bridgehead atoms. The van der Waals surface area contributed by atoms with Crippen LogP contribution in [0.2, 0.25) is 0 Å². The van der Waals surface area contributed by atoms with Crippen LogP contribution in [0.1, 0.15) is 38.7 Å². The fourth-order valence-electron chi connectivity index (χ4n) is 2.03. The second-order valence-electron chi connectivity index (χ2n) is 5.19. The molecule has 0 aliphatic carbocycles. The number of carbonyl (C=O) groups excluding carboxylic acids is 1. The largest absolute Gasteiger partial charge is 0.497 e. The van der Waals surface area contributed by atoms with Gasteiger partial charge in [-0.25, -0.2) is 0 Å². The Morgan fingerprint density at radius 1 is 1.30 bits per heavy atom. The molecule has 4 heteroatoms. The molecule has 1 aromatic rings. The Hall–Kier alpha value is -1.55. The van der Waals surface area contributed by atoms with Gasteiger partial charge in [0.05, 0.1) is 13.0 Å².